The van der Waals surface area contributed by atoms with Gasteiger partial charge in [-0.1, -0.05) is 0 Å². The molecule has 2 aromatic rings. The minimum atomic E-state index is -4.36. The van der Waals surface area contributed by atoms with Crippen molar-refractivity contribution in [3.63, 3.8) is 0 Å². The van der Waals surface area contributed by atoms with Crippen molar-refractivity contribution in [3.05, 3.63) is 32.3 Å². The van der Waals surface area contributed by atoms with Crippen molar-refractivity contribution in [3.8, 4) is 0 Å². The number of hydrogen-bond acceptors (Lipinski definition) is 3. The van der Waals surface area contributed by atoms with Crippen molar-refractivity contribution in [2.24, 2.45) is 0 Å². The second-order valence-corrected chi connectivity index (χ2v) is 5.05. The summed E-state index contributed by atoms with van der Waals surface area (Å²) < 4.78 is 47.3. The molecule has 0 aliphatic rings. The van der Waals surface area contributed by atoms with Crippen LogP contribution in [0.15, 0.2) is 27.4 Å². The Labute approximate surface area is 119 Å². The molecule has 0 amide bonds. The van der Waals surface area contributed by atoms with Gasteiger partial charge in [-0.15, -0.1) is 0 Å². The van der Waals surface area contributed by atoms with Crippen LogP contribution >= 0.6 is 22.6 Å². The number of benzene rings is 1. The lowest BCUT2D eigenvalue weighted by molar-refractivity contribution is -0.174. The highest BCUT2D eigenvalue weighted by Crippen LogP contribution is 2.17. The summed E-state index contributed by atoms with van der Waals surface area (Å²) in [6, 6.07) is 5.15. The molecule has 0 N–H and O–H groups in total. The van der Waals surface area contributed by atoms with Gasteiger partial charge in [-0.05, 0) is 40.8 Å². The lowest BCUT2D eigenvalue weighted by Crippen LogP contribution is -2.22. The smallest absolute Gasteiger partial charge is 0.408 e. The predicted molar refractivity (Wildman–Crippen MR) is 70.1 cm³/mol. The summed E-state index contributed by atoms with van der Waals surface area (Å²) in [7, 11) is 0. The number of ether oxygens (including phenoxy) is 1. The van der Waals surface area contributed by atoms with E-state index in [9.17, 15) is 18.0 Å². The topological polar surface area (TPSA) is 44.4 Å². The van der Waals surface area contributed by atoms with E-state index in [0.29, 0.717) is 11.1 Å². The Hall–Kier alpha value is -1.03. The van der Waals surface area contributed by atoms with E-state index in [-0.39, 0.29) is 13.2 Å². The van der Waals surface area contributed by atoms with Crippen molar-refractivity contribution >= 4 is 33.7 Å². The Morgan fingerprint density at radius 1 is 1.37 bits per heavy atom. The molecule has 0 atom stereocenters. The molecule has 0 saturated carbocycles. The molecule has 2 rings (SSSR count). The molecule has 0 aliphatic heterocycles. The average molecular weight is 387 g/mol. The molecule has 0 spiro atoms. The monoisotopic (exact) mass is 387 g/mol. The van der Waals surface area contributed by atoms with E-state index < -0.39 is 18.5 Å². The molecule has 4 nitrogen and oxygen atoms in total. The average Bonchev–Trinajstić information content (AvgIpc) is 2.59. The Kier molecular flexibility index (Phi) is 4.19. The molecule has 0 fully saturated rings. The highest BCUT2D eigenvalue weighted by Gasteiger charge is 2.27. The lowest BCUT2D eigenvalue weighted by atomic mass is 10.3. The van der Waals surface area contributed by atoms with E-state index in [0.717, 1.165) is 3.57 Å². The van der Waals surface area contributed by atoms with Crippen LogP contribution in [0.2, 0.25) is 0 Å². The summed E-state index contributed by atoms with van der Waals surface area (Å²) in [5, 5.41) is 0. The van der Waals surface area contributed by atoms with Gasteiger partial charge in [0.25, 0.3) is 0 Å². The zero-order chi connectivity index (χ0) is 14.0. The molecule has 1 aromatic heterocycles. The number of fused-ring (bicyclic) bond motifs is 1. The maximum absolute atomic E-state index is 11.9. The third kappa shape index (κ3) is 3.72. The van der Waals surface area contributed by atoms with Crippen LogP contribution in [0.1, 0.15) is 0 Å². The lowest BCUT2D eigenvalue weighted by Gasteiger charge is -2.07. The summed E-state index contributed by atoms with van der Waals surface area (Å²) in [5.41, 5.74) is 0.953. The Bertz CT molecular complexity index is 632. The zero-order valence-corrected chi connectivity index (χ0v) is 11.7. The molecular weight excluding hydrogens is 378 g/mol. The molecule has 1 heterocycles. The standard InChI is InChI=1S/C11H9F3INO3/c12-11(13,14)6-18-4-3-16-8-5-7(15)1-2-9(8)19-10(16)17/h1-2,5H,3-4,6H2. The molecule has 8 heteroatoms. The molecule has 0 radical (unpaired) electrons. The van der Waals surface area contributed by atoms with Crippen LogP contribution < -0.4 is 5.76 Å². The number of halogens is 4. The molecular formula is C11H9F3INO3. The van der Waals surface area contributed by atoms with Gasteiger partial charge in [-0.3, -0.25) is 4.57 Å². The normalized spacial score (nSPS) is 12.2. The van der Waals surface area contributed by atoms with Crippen molar-refractivity contribution < 1.29 is 22.3 Å². The quantitative estimate of drug-likeness (QED) is 0.599. The van der Waals surface area contributed by atoms with Crippen LogP contribution in [-0.2, 0) is 11.3 Å². The van der Waals surface area contributed by atoms with Crippen molar-refractivity contribution in [1.29, 1.82) is 0 Å². The fourth-order valence-electron chi connectivity index (χ4n) is 1.59. The van der Waals surface area contributed by atoms with Gasteiger partial charge in [-0.25, -0.2) is 4.79 Å². The van der Waals surface area contributed by atoms with E-state index in [1.807, 2.05) is 0 Å². The van der Waals surface area contributed by atoms with Gasteiger partial charge in [0.05, 0.1) is 18.7 Å². The van der Waals surface area contributed by atoms with Gasteiger partial charge in [0.2, 0.25) is 0 Å². The maximum atomic E-state index is 11.9. The number of oxazole rings is 1. The minimum absolute atomic E-state index is 0.0159. The molecule has 0 unspecified atom stereocenters. The summed E-state index contributed by atoms with van der Waals surface area (Å²) in [6.45, 7) is -1.52. The molecule has 1 aromatic carbocycles. The number of alkyl halides is 3. The van der Waals surface area contributed by atoms with E-state index in [1.54, 1.807) is 18.2 Å². The Morgan fingerprint density at radius 3 is 2.79 bits per heavy atom. The second kappa shape index (κ2) is 5.53. The summed E-state index contributed by atoms with van der Waals surface area (Å²) >= 11 is 2.07. The first-order chi connectivity index (χ1) is 8.87. The van der Waals surface area contributed by atoms with Gasteiger partial charge in [-0.2, -0.15) is 13.2 Å². The summed E-state index contributed by atoms with van der Waals surface area (Å²) in [5.74, 6) is -0.604. The van der Waals surface area contributed by atoms with E-state index in [2.05, 4.69) is 27.3 Å². The third-order valence-corrected chi connectivity index (χ3v) is 3.03. The fraction of sp³-hybridized carbons (Fsp3) is 0.364. The van der Waals surface area contributed by atoms with Crippen molar-refractivity contribution in [2.75, 3.05) is 13.2 Å². The SMILES string of the molecule is O=c1oc2ccc(I)cc2n1CCOCC(F)(F)F. The Morgan fingerprint density at radius 2 is 2.11 bits per heavy atom. The van der Waals surface area contributed by atoms with Crippen molar-refractivity contribution in [2.45, 2.75) is 12.7 Å². The van der Waals surface area contributed by atoms with Crippen LogP contribution in [0.25, 0.3) is 11.1 Å². The Balaban J connectivity index is 2.10. The third-order valence-electron chi connectivity index (χ3n) is 2.35. The highest BCUT2D eigenvalue weighted by atomic mass is 127. The fourth-order valence-corrected chi connectivity index (χ4v) is 2.07. The van der Waals surface area contributed by atoms with E-state index in [4.69, 9.17) is 4.42 Å². The second-order valence-electron chi connectivity index (χ2n) is 3.80. The first-order valence-corrected chi connectivity index (χ1v) is 6.38. The number of nitrogens with zero attached hydrogens (tertiary/aromatic N) is 1. The van der Waals surface area contributed by atoms with Gasteiger partial charge in [0.1, 0.15) is 6.61 Å². The molecule has 0 bridgehead atoms. The van der Waals surface area contributed by atoms with Crippen LogP contribution in [-0.4, -0.2) is 24.0 Å². The predicted octanol–water partition coefficient (Wildman–Crippen LogP) is 2.78. The first-order valence-electron chi connectivity index (χ1n) is 5.30. The largest absolute Gasteiger partial charge is 0.420 e. The molecule has 19 heavy (non-hydrogen) atoms. The van der Waals surface area contributed by atoms with Gasteiger partial charge < -0.3 is 9.15 Å². The summed E-state index contributed by atoms with van der Waals surface area (Å²) in [4.78, 5) is 11.6. The van der Waals surface area contributed by atoms with E-state index in [1.165, 1.54) is 4.57 Å². The van der Waals surface area contributed by atoms with Crippen LogP contribution in [0, 0.1) is 3.57 Å². The van der Waals surface area contributed by atoms with Gasteiger partial charge >= 0.3 is 11.9 Å². The molecule has 0 aliphatic carbocycles. The van der Waals surface area contributed by atoms with Crippen LogP contribution in [0.4, 0.5) is 13.2 Å². The van der Waals surface area contributed by atoms with Gasteiger partial charge in [0.15, 0.2) is 5.58 Å². The minimum Gasteiger partial charge on any atom is -0.408 e. The zero-order valence-electron chi connectivity index (χ0n) is 9.54. The highest BCUT2D eigenvalue weighted by molar-refractivity contribution is 14.1. The molecule has 104 valence electrons. The first kappa shape index (κ1) is 14.4. The van der Waals surface area contributed by atoms with E-state index >= 15 is 0 Å². The van der Waals surface area contributed by atoms with Crippen LogP contribution in [0.5, 0.6) is 0 Å². The molecule has 0 saturated heterocycles. The van der Waals surface area contributed by atoms with Gasteiger partial charge in [0, 0.05) is 3.57 Å². The maximum Gasteiger partial charge on any atom is 0.420 e. The number of rotatable bonds is 4. The van der Waals surface area contributed by atoms with Crippen molar-refractivity contribution in [1.82, 2.24) is 4.57 Å². The number of hydrogen-bond donors (Lipinski definition) is 0. The van der Waals surface area contributed by atoms with Crippen LogP contribution in [0.3, 0.4) is 0 Å². The number of aromatic nitrogens is 1. The summed E-state index contributed by atoms with van der Waals surface area (Å²) in [6.07, 6.45) is -4.36.